The van der Waals surface area contributed by atoms with Crippen LogP contribution < -0.4 is 0 Å². The Kier molecular flexibility index (Phi) is 3.60. The Morgan fingerprint density at radius 2 is 1.34 bits per heavy atom. The smallest absolute Gasteiger partial charge is 0.114 e. The first-order chi connectivity index (χ1) is 14.4. The first-order valence-electron chi connectivity index (χ1n) is 9.99. The first-order valence-corrected chi connectivity index (χ1v) is 9.99. The molecule has 0 bridgehead atoms. The fourth-order valence-electron chi connectivity index (χ4n) is 4.29. The van der Waals surface area contributed by atoms with Crippen LogP contribution in [0.5, 0.6) is 0 Å². The van der Waals surface area contributed by atoms with Gasteiger partial charge in [0.25, 0.3) is 0 Å². The number of fused-ring (bicyclic) bond motifs is 5. The lowest BCUT2D eigenvalue weighted by atomic mass is 10.00. The van der Waals surface area contributed by atoms with Gasteiger partial charge in [0.1, 0.15) is 11.3 Å². The highest BCUT2D eigenvalue weighted by molar-refractivity contribution is 6.08. The number of pyridine rings is 1. The van der Waals surface area contributed by atoms with Gasteiger partial charge in [0, 0.05) is 23.6 Å². The van der Waals surface area contributed by atoms with E-state index in [9.17, 15) is 0 Å². The van der Waals surface area contributed by atoms with Gasteiger partial charge in [0.2, 0.25) is 0 Å². The molecule has 1 aliphatic heterocycles. The molecule has 3 heteroatoms. The lowest BCUT2D eigenvalue weighted by Gasteiger charge is -2.16. The Bertz CT molecular complexity index is 1380. The molecule has 6 rings (SSSR count). The lowest BCUT2D eigenvalue weighted by Crippen LogP contribution is -2.05. The van der Waals surface area contributed by atoms with Gasteiger partial charge in [-0.15, -0.1) is 0 Å². The van der Waals surface area contributed by atoms with Crippen LogP contribution in [-0.2, 0) is 6.42 Å². The predicted molar refractivity (Wildman–Crippen MR) is 119 cm³/mol. The summed E-state index contributed by atoms with van der Waals surface area (Å²) < 4.78 is 2.27. The Hall–Kier alpha value is -3.72. The molecule has 0 saturated heterocycles. The van der Waals surface area contributed by atoms with Crippen molar-refractivity contribution in [3.63, 3.8) is 0 Å². The summed E-state index contributed by atoms with van der Waals surface area (Å²) in [7, 11) is 0. The molecule has 0 unspecified atom stereocenters. The summed E-state index contributed by atoms with van der Waals surface area (Å²) in [6, 6.07) is 29.4. The van der Waals surface area contributed by atoms with Crippen LogP contribution in [0.1, 0.15) is 17.8 Å². The summed E-state index contributed by atoms with van der Waals surface area (Å²) in [5, 5.41) is 1.11. The molecule has 3 aromatic carbocycles. The van der Waals surface area contributed by atoms with Crippen molar-refractivity contribution in [2.24, 2.45) is 0 Å². The Morgan fingerprint density at radius 3 is 2.14 bits per heavy atom. The number of aryl methyl sites for hydroxylation is 1. The highest BCUT2D eigenvalue weighted by Crippen LogP contribution is 2.36. The maximum absolute atomic E-state index is 5.07. The van der Waals surface area contributed by atoms with Crippen LogP contribution in [0.2, 0.25) is 0 Å². The second-order valence-electron chi connectivity index (χ2n) is 7.46. The molecule has 0 saturated carbocycles. The minimum Gasteiger partial charge on any atom is -0.301 e. The number of hydrogen-bond acceptors (Lipinski definition) is 2. The Balaban J connectivity index is 1.70. The number of allylic oxidation sites excluding steroid dienone is 1. The molecule has 0 amide bonds. The van der Waals surface area contributed by atoms with Gasteiger partial charge in [0.15, 0.2) is 0 Å². The fraction of sp³-hybridized carbons (Fsp3) is 0.0769. The molecule has 0 N–H and O–H groups in total. The van der Waals surface area contributed by atoms with Crippen molar-refractivity contribution in [2.75, 3.05) is 0 Å². The third-order valence-corrected chi connectivity index (χ3v) is 5.69. The number of aromatic nitrogens is 3. The van der Waals surface area contributed by atoms with Gasteiger partial charge in [-0.3, -0.25) is 0 Å². The molecule has 3 nitrogen and oxygen atoms in total. The molecule has 1 aliphatic rings. The SMILES string of the molecule is C1=C(c2ccccc2)CCc2nc3c4ccccc4nc(-c4ccccc4)c3n21. The highest BCUT2D eigenvalue weighted by Gasteiger charge is 2.21. The van der Waals surface area contributed by atoms with Gasteiger partial charge in [-0.2, -0.15) is 0 Å². The van der Waals surface area contributed by atoms with E-state index in [0.29, 0.717) is 0 Å². The summed E-state index contributed by atoms with van der Waals surface area (Å²) >= 11 is 0. The molecule has 2 aromatic heterocycles. The Morgan fingerprint density at radius 1 is 0.655 bits per heavy atom. The van der Waals surface area contributed by atoms with E-state index >= 15 is 0 Å². The second-order valence-corrected chi connectivity index (χ2v) is 7.46. The first kappa shape index (κ1) is 16.3. The zero-order chi connectivity index (χ0) is 19.2. The minimum absolute atomic E-state index is 0.929. The van der Waals surface area contributed by atoms with Crippen molar-refractivity contribution < 1.29 is 0 Å². The van der Waals surface area contributed by atoms with Gasteiger partial charge in [-0.25, -0.2) is 9.97 Å². The van der Waals surface area contributed by atoms with Crippen LogP contribution in [0, 0.1) is 0 Å². The van der Waals surface area contributed by atoms with Crippen molar-refractivity contribution >= 4 is 33.7 Å². The number of nitrogens with zero attached hydrogens (tertiary/aromatic N) is 3. The Labute approximate surface area is 169 Å². The van der Waals surface area contributed by atoms with E-state index in [-0.39, 0.29) is 0 Å². The third-order valence-electron chi connectivity index (χ3n) is 5.69. The van der Waals surface area contributed by atoms with Gasteiger partial charge in [-0.05, 0) is 23.6 Å². The van der Waals surface area contributed by atoms with Gasteiger partial charge in [-0.1, -0.05) is 78.9 Å². The summed E-state index contributed by atoms with van der Waals surface area (Å²) in [4.78, 5) is 10.1. The van der Waals surface area contributed by atoms with E-state index < -0.39 is 0 Å². The maximum Gasteiger partial charge on any atom is 0.114 e. The van der Waals surface area contributed by atoms with Crippen molar-refractivity contribution in [2.45, 2.75) is 12.8 Å². The van der Waals surface area contributed by atoms with Crippen LogP contribution in [-0.4, -0.2) is 14.5 Å². The summed E-state index contributed by atoms with van der Waals surface area (Å²) in [6.07, 6.45) is 4.18. The molecule has 0 fully saturated rings. The summed E-state index contributed by atoms with van der Waals surface area (Å²) in [5.41, 5.74) is 7.84. The van der Waals surface area contributed by atoms with Crippen molar-refractivity contribution in [1.29, 1.82) is 0 Å². The van der Waals surface area contributed by atoms with Crippen LogP contribution in [0.4, 0.5) is 0 Å². The molecule has 138 valence electrons. The minimum atomic E-state index is 0.929. The topological polar surface area (TPSA) is 30.7 Å². The van der Waals surface area contributed by atoms with Crippen LogP contribution in [0.25, 0.3) is 45.0 Å². The number of hydrogen-bond donors (Lipinski definition) is 0. The van der Waals surface area contributed by atoms with Gasteiger partial charge >= 0.3 is 0 Å². The zero-order valence-electron chi connectivity index (χ0n) is 15.9. The molecule has 0 aliphatic carbocycles. The molecule has 0 spiro atoms. The second kappa shape index (κ2) is 6.42. The molecule has 29 heavy (non-hydrogen) atoms. The quantitative estimate of drug-likeness (QED) is 0.369. The van der Waals surface area contributed by atoms with Gasteiger partial charge < -0.3 is 4.57 Å². The standard InChI is InChI=1S/C26H19N3/c1-3-9-18(10-4-1)20-15-16-23-28-25-21-13-7-8-14-22(21)27-24(26(25)29(23)17-20)19-11-5-2-6-12-19/h1-14,17H,15-16H2. The largest absolute Gasteiger partial charge is 0.301 e. The molecular formula is C26H19N3. The van der Waals surface area contributed by atoms with E-state index in [0.717, 1.165) is 51.9 Å². The van der Waals surface area contributed by atoms with Crippen LogP contribution in [0.15, 0.2) is 84.9 Å². The van der Waals surface area contributed by atoms with Gasteiger partial charge in [0.05, 0.1) is 16.7 Å². The molecule has 3 heterocycles. The normalized spacial score (nSPS) is 13.4. The van der Waals surface area contributed by atoms with E-state index in [1.807, 2.05) is 12.1 Å². The van der Waals surface area contributed by atoms with Crippen molar-refractivity contribution in [3.05, 3.63) is 96.3 Å². The van der Waals surface area contributed by atoms with Crippen LogP contribution >= 0.6 is 0 Å². The number of benzene rings is 3. The zero-order valence-corrected chi connectivity index (χ0v) is 15.9. The number of para-hydroxylation sites is 1. The number of imidazole rings is 1. The molecular weight excluding hydrogens is 354 g/mol. The summed E-state index contributed by atoms with van der Waals surface area (Å²) in [5.74, 6) is 1.11. The lowest BCUT2D eigenvalue weighted by molar-refractivity contribution is 0.860. The average Bonchev–Trinajstić information content (AvgIpc) is 3.19. The molecule has 5 aromatic rings. The summed E-state index contributed by atoms with van der Waals surface area (Å²) in [6.45, 7) is 0. The average molecular weight is 373 g/mol. The monoisotopic (exact) mass is 373 g/mol. The molecule has 0 radical (unpaired) electrons. The van der Waals surface area contributed by atoms with Crippen LogP contribution in [0.3, 0.4) is 0 Å². The predicted octanol–water partition coefficient (Wildman–Crippen LogP) is 6.20. The highest BCUT2D eigenvalue weighted by atomic mass is 15.1. The number of rotatable bonds is 2. The van der Waals surface area contributed by atoms with E-state index in [2.05, 4.69) is 83.6 Å². The van der Waals surface area contributed by atoms with E-state index in [1.54, 1.807) is 0 Å². The van der Waals surface area contributed by atoms with E-state index in [4.69, 9.17) is 9.97 Å². The maximum atomic E-state index is 5.07. The van der Waals surface area contributed by atoms with E-state index in [1.165, 1.54) is 11.1 Å². The fourth-order valence-corrected chi connectivity index (χ4v) is 4.29. The van der Waals surface area contributed by atoms with Crippen molar-refractivity contribution in [1.82, 2.24) is 14.5 Å². The molecule has 0 atom stereocenters. The van der Waals surface area contributed by atoms with Crippen molar-refractivity contribution in [3.8, 4) is 11.3 Å². The third kappa shape index (κ3) is 2.59.